The van der Waals surface area contributed by atoms with Crippen LogP contribution in [-0.2, 0) is 12.6 Å². The van der Waals surface area contributed by atoms with Crippen molar-refractivity contribution in [1.29, 1.82) is 0 Å². The number of nitrogens with two attached hydrogens (primary N) is 1. The quantitative estimate of drug-likeness (QED) is 0.934. The Morgan fingerprint density at radius 1 is 1.24 bits per heavy atom. The van der Waals surface area contributed by atoms with E-state index in [1.54, 1.807) is 12.3 Å². The Bertz CT molecular complexity index is 612. The predicted molar refractivity (Wildman–Crippen MR) is 73.1 cm³/mol. The van der Waals surface area contributed by atoms with Crippen molar-refractivity contribution in [2.75, 3.05) is 0 Å². The molecule has 1 aromatic carbocycles. The summed E-state index contributed by atoms with van der Waals surface area (Å²) in [6.07, 6.45) is -0.901. The molecule has 0 spiro atoms. The molecule has 0 saturated carbocycles. The van der Waals surface area contributed by atoms with Crippen molar-refractivity contribution in [2.45, 2.75) is 25.6 Å². The minimum absolute atomic E-state index is 0.0653. The fourth-order valence-corrected chi connectivity index (χ4v) is 1.92. The molecule has 0 fully saturated rings. The molecule has 1 heterocycles. The molecule has 0 bridgehead atoms. The number of pyridine rings is 1. The van der Waals surface area contributed by atoms with Gasteiger partial charge >= 0.3 is 6.18 Å². The Morgan fingerprint density at radius 2 is 1.95 bits per heavy atom. The van der Waals surface area contributed by atoms with Crippen molar-refractivity contribution in [3.05, 3.63) is 53.9 Å². The van der Waals surface area contributed by atoms with E-state index in [4.69, 9.17) is 10.5 Å². The molecular formula is C15H15F3N2O. The van der Waals surface area contributed by atoms with Gasteiger partial charge < -0.3 is 10.5 Å². The normalized spacial score (nSPS) is 13.0. The molecule has 2 N–H and O–H groups in total. The Hall–Kier alpha value is -2.08. The Kier molecular flexibility index (Phi) is 4.47. The van der Waals surface area contributed by atoms with E-state index in [2.05, 4.69) is 4.98 Å². The lowest BCUT2D eigenvalue weighted by Gasteiger charge is -2.14. The van der Waals surface area contributed by atoms with Gasteiger partial charge in [-0.1, -0.05) is 12.1 Å². The molecule has 2 aromatic rings. The third-order valence-electron chi connectivity index (χ3n) is 2.75. The minimum atomic E-state index is -4.46. The molecule has 0 amide bonds. The van der Waals surface area contributed by atoms with Gasteiger partial charge in [0, 0.05) is 12.2 Å². The minimum Gasteiger partial charge on any atom is -0.455 e. The molecule has 1 aromatic heterocycles. The van der Waals surface area contributed by atoms with E-state index in [9.17, 15) is 13.2 Å². The summed E-state index contributed by atoms with van der Waals surface area (Å²) in [6, 6.07) is 6.65. The van der Waals surface area contributed by atoms with Crippen molar-refractivity contribution in [3.8, 4) is 11.5 Å². The maximum atomic E-state index is 12.9. The van der Waals surface area contributed by atoms with Crippen LogP contribution in [0.5, 0.6) is 11.5 Å². The third kappa shape index (κ3) is 4.19. The number of hydrogen-bond acceptors (Lipinski definition) is 3. The predicted octanol–water partition coefficient (Wildman–Crippen LogP) is 3.78. The molecule has 0 aliphatic carbocycles. The van der Waals surface area contributed by atoms with Crippen molar-refractivity contribution >= 4 is 0 Å². The first-order valence-corrected chi connectivity index (χ1v) is 6.40. The second-order valence-corrected chi connectivity index (χ2v) is 4.81. The van der Waals surface area contributed by atoms with Crippen LogP contribution in [0.2, 0.25) is 0 Å². The zero-order valence-electron chi connectivity index (χ0n) is 11.4. The number of halogens is 3. The first kappa shape index (κ1) is 15.3. The number of aromatic nitrogens is 1. The smallest absolute Gasteiger partial charge is 0.419 e. The highest BCUT2D eigenvalue weighted by Gasteiger charge is 2.34. The maximum Gasteiger partial charge on any atom is 0.419 e. The Morgan fingerprint density at radius 3 is 2.62 bits per heavy atom. The highest BCUT2D eigenvalue weighted by molar-refractivity contribution is 5.39. The lowest BCUT2D eigenvalue weighted by Crippen LogP contribution is -2.17. The fourth-order valence-electron chi connectivity index (χ4n) is 1.92. The number of para-hydroxylation sites is 1. The lowest BCUT2D eigenvalue weighted by molar-refractivity contribution is -0.138. The van der Waals surface area contributed by atoms with Gasteiger partial charge in [0.25, 0.3) is 0 Å². The molecule has 1 unspecified atom stereocenters. The molecule has 6 heteroatoms. The average Bonchev–Trinajstić information content (AvgIpc) is 2.37. The Balaban J connectivity index is 2.27. The van der Waals surface area contributed by atoms with Crippen molar-refractivity contribution < 1.29 is 17.9 Å². The number of nitrogens with zero attached hydrogens (tertiary/aromatic N) is 1. The summed E-state index contributed by atoms with van der Waals surface area (Å²) in [4.78, 5) is 3.96. The summed E-state index contributed by atoms with van der Waals surface area (Å²) >= 11 is 0. The average molecular weight is 296 g/mol. The van der Waals surface area contributed by atoms with E-state index in [-0.39, 0.29) is 17.5 Å². The van der Waals surface area contributed by atoms with E-state index in [1.165, 1.54) is 24.4 Å². The van der Waals surface area contributed by atoms with Gasteiger partial charge in [-0.3, -0.25) is 4.98 Å². The highest BCUT2D eigenvalue weighted by atomic mass is 19.4. The van der Waals surface area contributed by atoms with Crippen LogP contribution in [0.15, 0.2) is 42.7 Å². The standard InChI is InChI=1S/C15H15F3N2O/c1-10(19)6-11-7-12(9-20-8-11)21-14-5-3-2-4-13(14)15(16,17)18/h2-5,7-10H,6,19H2,1H3. The first-order chi connectivity index (χ1) is 9.86. The number of hydrogen-bond donors (Lipinski definition) is 1. The zero-order valence-corrected chi connectivity index (χ0v) is 11.4. The van der Waals surface area contributed by atoms with Gasteiger partial charge in [0.1, 0.15) is 11.5 Å². The van der Waals surface area contributed by atoms with Gasteiger partial charge in [-0.05, 0) is 37.1 Å². The molecule has 0 radical (unpaired) electrons. The van der Waals surface area contributed by atoms with E-state index >= 15 is 0 Å². The molecule has 3 nitrogen and oxygen atoms in total. The monoisotopic (exact) mass is 296 g/mol. The number of alkyl halides is 3. The van der Waals surface area contributed by atoms with Gasteiger partial charge in [0.05, 0.1) is 11.8 Å². The van der Waals surface area contributed by atoms with Crippen LogP contribution in [0.4, 0.5) is 13.2 Å². The van der Waals surface area contributed by atoms with Gasteiger partial charge in [-0.15, -0.1) is 0 Å². The lowest BCUT2D eigenvalue weighted by atomic mass is 10.1. The largest absolute Gasteiger partial charge is 0.455 e. The van der Waals surface area contributed by atoms with Crippen LogP contribution >= 0.6 is 0 Å². The molecule has 2 rings (SSSR count). The molecule has 21 heavy (non-hydrogen) atoms. The summed E-state index contributed by atoms with van der Waals surface area (Å²) in [5.74, 6) is 0.00889. The SMILES string of the molecule is CC(N)Cc1cncc(Oc2ccccc2C(F)(F)F)c1. The van der Waals surface area contributed by atoms with Crippen LogP contribution in [0.1, 0.15) is 18.1 Å². The maximum absolute atomic E-state index is 12.9. The number of benzene rings is 1. The second kappa shape index (κ2) is 6.13. The Labute approximate surface area is 120 Å². The molecular weight excluding hydrogens is 281 g/mol. The molecule has 1 atom stereocenters. The van der Waals surface area contributed by atoms with E-state index in [1.807, 2.05) is 6.92 Å². The molecule has 0 saturated heterocycles. The number of ether oxygens (including phenoxy) is 1. The third-order valence-corrected chi connectivity index (χ3v) is 2.75. The van der Waals surface area contributed by atoms with Gasteiger partial charge in [-0.25, -0.2) is 0 Å². The van der Waals surface area contributed by atoms with Crippen LogP contribution < -0.4 is 10.5 Å². The van der Waals surface area contributed by atoms with Crippen molar-refractivity contribution in [1.82, 2.24) is 4.98 Å². The first-order valence-electron chi connectivity index (χ1n) is 6.40. The van der Waals surface area contributed by atoms with Gasteiger partial charge in [0.2, 0.25) is 0 Å². The molecule has 112 valence electrons. The van der Waals surface area contributed by atoms with Gasteiger partial charge in [-0.2, -0.15) is 13.2 Å². The van der Waals surface area contributed by atoms with Crippen LogP contribution in [0, 0.1) is 0 Å². The summed E-state index contributed by atoms with van der Waals surface area (Å²) in [5.41, 5.74) is 5.69. The fraction of sp³-hybridized carbons (Fsp3) is 0.267. The van der Waals surface area contributed by atoms with E-state index in [0.717, 1.165) is 11.6 Å². The van der Waals surface area contributed by atoms with E-state index < -0.39 is 11.7 Å². The highest BCUT2D eigenvalue weighted by Crippen LogP contribution is 2.37. The van der Waals surface area contributed by atoms with Crippen molar-refractivity contribution in [2.24, 2.45) is 5.73 Å². The van der Waals surface area contributed by atoms with Crippen LogP contribution in [0.25, 0.3) is 0 Å². The molecule has 0 aliphatic rings. The summed E-state index contributed by atoms with van der Waals surface area (Å²) < 4.78 is 44.0. The van der Waals surface area contributed by atoms with Crippen LogP contribution in [-0.4, -0.2) is 11.0 Å². The van der Waals surface area contributed by atoms with E-state index in [0.29, 0.717) is 6.42 Å². The van der Waals surface area contributed by atoms with Crippen molar-refractivity contribution in [3.63, 3.8) is 0 Å². The van der Waals surface area contributed by atoms with Gasteiger partial charge in [0.15, 0.2) is 0 Å². The summed E-state index contributed by atoms with van der Waals surface area (Å²) in [7, 11) is 0. The summed E-state index contributed by atoms with van der Waals surface area (Å²) in [5, 5.41) is 0. The molecule has 0 aliphatic heterocycles. The number of rotatable bonds is 4. The summed E-state index contributed by atoms with van der Waals surface area (Å²) in [6.45, 7) is 1.84. The topological polar surface area (TPSA) is 48.1 Å². The van der Waals surface area contributed by atoms with Crippen LogP contribution in [0.3, 0.4) is 0 Å². The zero-order chi connectivity index (χ0) is 15.5. The second-order valence-electron chi connectivity index (χ2n) is 4.81.